The van der Waals surface area contributed by atoms with Gasteiger partial charge in [0, 0.05) is 12.2 Å². The van der Waals surface area contributed by atoms with Gasteiger partial charge in [-0.2, -0.15) is 0 Å². The third-order valence-electron chi connectivity index (χ3n) is 3.45. The minimum atomic E-state index is -0.319. The Balaban J connectivity index is 2.30. The molecule has 0 heterocycles. The van der Waals surface area contributed by atoms with Crippen LogP contribution in [0, 0.1) is 13.8 Å². The molecule has 0 spiro atoms. The van der Waals surface area contributed by atoms with Crippen molar-refractivity contribution < 1.29 is 14.6 Å². The molecule has 0 saturated heterocycles. The Bertz CT molecular complexity index is 703. The number of hydrogen-bond donors (Lipinski definition) is 3. The van der Waals surface area contributed by atoms with E-state index in [-0.39, 0.29) is 17.2 Å². The third-order valence-corrected chi connectivity index (χ3v) is 3.45. The van der Waals surface area contributed by atoms with Crippen LogP contribution < -0.4 is 15.8 Å². The van der Waals surface area contributed by atoms with E-state index in [1.165, 1.54) is 12.1 Å². The molecule has 0 aliphatic carbocycles. The topological polar surface area (TPSA) is 84.6 Å². The molecule has 5 nitrogen and oxygen atoms in total. The highest BCUT2D eigenvalue weighted by atomic mass is 16.5. The van der Waals surface area contributed by atoms with E-state index in [1.807, 2.05) is 32.9 Å². The van der Waals surface area contributed by atoms with Gasteiger partial charge in [-0.25, -0.2) is 0 Å². The normalized spacial score (nSPS) is 10.4. The molecule has 23 heavy (non-hydrogen) atoms. The zero-order chi connectivity index (χ0) is 17.0. The monoisotopic (exact) mass is 314 g/mol. The van der Waals surface area contributed by atoms with E-state index in [0.29, 0.717) is 23.7 Å². The molecule has 0 aromatic heterocycles. The number of phenolic OH excluding ortho intramolecular Hbond substituents is 1. The van der Waals surface area contributed by atoms with Gasteiger partial charge in [-0.1, -0.05) is 6.92 Å². The molecule has 0 unspecified atom stereocenters. The molecule has 0 bridgehead atoms. The van der Waals surface area contributed by atoms with Crippen LogP contribution in [-0.2, 0) is 0 Å². The van der Waals surface area contributed by atoms with Crippen LogP contribution in [0.15, 0.2) is 30.3 Å². The summed E-state index contributed by atoms with van der Waals surface area (Å²) in [4.78, 5) is 12.1. The summed E-state index contributed by atoms with van der Waals surface area (Å²) < 4.78 is 5.90. The van der Waals surface area contributed by atoms with E-state index in [1.54, 1.807) is 6.07 Å². The summed E-state index contributed by atoms with van der Waals surface area (Å²) in [6, 6.07) is 8.28. The minimum absolute atomic E-state index is 0.0725. The number of phenols is 1. The van der Waals surface area contributed by atoms with Crippen molar-refractivity contribution in [1.82, 2.24) is 5.32 Å². The number of aryl methyl sites for hydroxylation is 2. The molecular weight excluding hydrogens is 292 g/mol. The van der Waals surface area contributed by atoms with Gasteiger partial charge in [-0.05, 0) is 61.7 Å². The number of aromatic hydroxyl groups is 1. The van der Waals surface area contributed by atoms with Crippen molar-refractivity contribution >= 4 is 11.6 Å². The number of hydrogen-bond acceptors (Lipinski definition) is 4. The van der Waals surface area contributed by atoms with Crippen LogP contribution in [0.5, 0.6) is 17.2 Å². The predicted molar refractivity (Wildman–Crippen MR) is 91.1 cm³/mol. The van der Waals surface area contributed by atoms with Crippen LogP contribution in [0.25, 0.3) is 0 Å². The molecule has 4 N–H and O–H groups in total. The van der Waals surface area contributed by atoms with E-state index < -0.39 is 0 Å². The van der Waals surface area contributed by atoms with Gasteiger partial charge < -0.3 is 20.9 Å². The summed E-state index contributed by atoms with van der Waals surface area (Å²) in [5, 5.41) is 12.6. The van der Waals surface area contributed by atoms with Crippen LogP contribution in [0.1, 0.15) is 34.8 Å². The largest absolute Gasteiger partial charge is 0.507 e. The van der Waals surface area contributed by atoms with E-state index in [4.69, 9.17) is 10.5 Å². The van der Waals surface area contributed by atoms with Crippen molar-refractivity contribution in [1.29, 1.82) is 0 Å². The standard InChI is InChI=1S/C18H22N2O3/c1-4-7-20-18(22)15-10-14(5-6-16(15)21)23-17-11(2)8-13(19)9-12(17)3/h5-6,8-10,21H,4,7,19H2,1-3H3,(H,20,22). The molecule has 0 fully saturated rings. The molecule has 0 aliphatic rings. The fourth-order valence-corrected chi connectivity index (χ4v) is 2.36. The quantitative estimate of drug-likeness (QED) is 0.737. The summed E-state index contributed by atoms with van der Waals surface area (Å²) >= 11 is 0. The number of nitrogen functional groups attached to an aromatic ring is 1. The highest BCUT2D eigenvalue weighted by Gasteiger charge is 2.13. The maximum absolute atomic E-state index is 12.1. The van der Waals surface area contributed by atoms with Crippen LogP contribution in [0.3, 0.4) is 0 Å². The zero-order valence-corrected chi connectivity index (χ0v) is 13.6. The summed E-state index contributed by atoms with van der Waals surface area (Å²) in [5.41, 5.74) is 8.50. The molecule has 2 aromatic carbocycles. The highest BCUT2D eigenvalue weighted by Crippen LogP contribution is 2.32. The van der Waals surface area contributed by atoms with E-state index in [2.05, 4.69) is 5.32 Å². The Labute approximate surface area is 136 Å². The summed E-state index contributed by atoms with van der Waals surface area (Å²) in [5.74, 6) is 0.794. The molecule has 5 heteroatoms. The van der Waals surface area contributed by atoms with Gasteiger partial charge in [0.05, 0.1) is 5.56 Å². The van der Waals surface area contributed by atoms with Gasteiger partial charge in [0.1, 0.15) is 17.2 Å². The molecular formula is C18H22N2O3. The number of carbonyl (C=O) groups excluding carboxylic acids is 1. The lowest BCUT2D eigenvalue weighted by Crippen LogP contribution is -2.24. The molecule has 2 rings (SSSR count). The Hall–Kier alpha value is -2.69. The average molecular weight is 314 g/mol. The second-order valence-electron chi connectivity index (χ2n) is 5.52. The van der Waals surface area contributed by atoms with E-state index in [0.717, 1.165) is 17.5 Å². The lowest BCUT2D eigenvalue weighted by atomic mass is 10.1. The van der Waals surface area contributed by atoms with Gasteiger partial charge in [-0.15, -0.1) is 0 Å². The molecule has 0 radical (unpaired) electrons. The lowest BCUT2D eigenvalue weighted by Gasteiger charge is -2.14. The Morgan fingerprint density at radius 1 is 1.22 bits per heavy atom. The SMILES string of the molecule is CCCNC(=O)c1cc(Oc2c(C)cc(N)cc2C)ccc1O. The first-order chi connectivity index (χ1) is 10.9. The second-order valence-corrected chi connectivity index (χ2v) is 5.52. The van der Waals surface area contributed by atoms with Crippen LogP contribution in [-0.4, -0.2) is 17.6 Å². The van der Waals surface area contributed by atoms with Crippen molar-refractivity contribution in [2.45, 2.75) is 27.2 Å². The summed E-state index contributed by atoms with van der Waals surface area (Å²) in [7, 11) is 0. The first-order valence-electron chi connectivity index (χ1n) is 7.58. The van der Waals surface area contributed by atoms with Gasteiger partial charge in [0.15, 0.2) is 0 Å². The fourth-order valence-electron chi connectivity index (χ4n) is 2.36. The number of nitrogens with two attached hydrogens (primary N) is 1. The molecule has 0 aliphatic heterocycles. The zero-order valence-electron chi connectivity index (χ0n) is 13.6. The molecule has 0 saturated carbocycles. The molecule has 0 atom stereocenters. The molecule has 122 valence electrons. The van der Waals surface area contributed by atoms with Crippen molar-refractivity contribution in [2.75, 3.05) is 12.3 Å². The number of rotatable bonds is 5. The van der Waals surface area contributed by atoms with E-state index in [9.17, 15) is 9.90 Å². The first-order valence-corrected chi connectivity index (χ1v) is 7.58. The van der Waals surface area contributed by atoms with Crippen LogP contribution in [0.2, 0.25) is 0 Å². The maximum Gasteiger partial charge on any atom is 0.255 e. The van der Waals surface area contributed by atoms with E-state index >= 15 is 0 Å². The minimum Gasteiger partial charge on any atom is -0.507 e. The average Bonchev–Trinajstić information content (AvgIpc) is 2.50. The number of carbonyl (C=O) groups is 1. The predicted octanol–water partition coefficient (Wildman–Crippen LogP) is 3.52. The Morgan fingerprint density at radius 2 is 1.87 bits per heavy atom. The van der Waals surface area contributed by atoms with Crippen molar-refractivity contribution in [3.05, 3.63) is 47.0 Å². The number of nitrogens with one attached hydrogen (secondary N) is 1. The maximum atomic E-state index is 12.1. The van der Waals surface area contributed by atoms with Gasteiger partial charge in [0.2, 0.25) is 0 Å². The summed E-state index contributed by atoms with van der Waals surface area (Å²) in [6.45, 7) is 6.34. The number of amides is 1. The van der Waals surface area contributed by atoms with Crippen molar-refractivity contribution in [3.8, 4) is 17.2 Å². The lowest BCUT2D eigenvalue weighted by molar-refractivity contribution is 0.0950. The van der Waals surface area contributed by atoms with Crippen LogP contribution >= 0.6 is 0 Å². The van der Waals surface area contributed by atoms with Gasteiger partial charge in [-0.3, -0.25) is 4.79 Å². The highest BCUT2D eigenvalue weighted by molar-refractivity contribution is 5.97. The number of ether oxygens (including phenoxy) is 1. The molecule has 2 aromatic rings. The van der Waals surface area contributed by atoms with Gasteiger partial charge in [0.25, 0.3) is 5.91 Å². The Kier molecular flexibility index (Phi) is 5.11. The third kappa shape index (κ3) is 3.94. The smallest absolute Gasteiger partial charge is 0.255 e. The first kappa shape index (κ1) is 16.7. The van der Waals surface area contributed by atoms with Crippen molar-refractivity contribution in [3.63, 3.8) is 0 Å². The molecule has 1 amide bonds. The fraction of sp³-hybridized carbons (Fsp3) is 0.278. The second kappa shape index (κ2) is 7.05. The Morgan fingerprint density at radius 3 is 2.48 bits per heavy atom. The van der Waals surface area contributed by atoms with Crippen LogP contribution in [0.4, 0.5) is 5.69 Å². The summed E-state index contributed by atoms with van der Waals surface area (Å²) in [6.07, 6.45) is 0.826. The number of anilines is 1. The van der Waals surface area contributed by atoms with Gasteiger partial charge >= 0.3 is 0 Å². The number of benzene rings is 2. The van der Waals surface area contributed by atoms with Crippen molar-refractivity contribution in [2.24, 2.45) is 0 Å².